The number of benzene rings is 1. The van der Waals surface area contributed by atoms with Crippen LogP contribution in [0.3, 0.4) is 0 Å². The van der Waals surface area contributed by atoms with Gasteiger partial charge in [-0.3, -0.25) is 0 Å². The molecule has 0 saturated heterocycles. The molecule has 0 bridgehead atoms. The third-order valence-corrected chi connectivity index (χ3v) is 4.75. The first kappa shape index (κ1) is 14.0. The molecule has 2 unspecified atom stereocenters. The zero-order valence-electron chi connectivity index (χ0n) is 11.0. The van der Waals surface area contributed by atoms with E-state index in [1.54, 1.807) is 24.3 Å². The fourth-order valence-corrected chi connectivity index (χ4v) is 3.81. The average Bonchev–Trinajstić information content (AvgIpc) is 3.07. The zero-order chi connectivity index (χ0) is 13.9. The second kappa shape index (κ2) is 5.72. The van der Waals surface area contributed by atoms with Crippen molar-refractivity contribution in [3.8, 4) is 6.07 Å². The number of hydrogen-bond donors (Lipinski definition) is 1. The molecule has 1 fully saturated rings. The molecule has 2 atom stereocenters. The van der Waals surface area contributed by atoms with E-state index in [1.165, 1.54) is 0 Å². The van der Waals surface area contributed by atoms with E-state index < -0.39 is 10.0 Å². The molecule has 1 aliphatic carbocycles. The van der Waals surface area contributed by atoms with E-state index in [4.69, 9.17) is 5.26 Å². The summed E-state index contributed by atoms with van der Waals surface area (Å²) in [6.45, 7) is 2.10. The number of nitriles is 1. The SMILES string of the molecule is CCCC1CC1NS(=O)(=O)Cc1ccccc1C#N. The van der Waals surface area contributed by atoms with Crippen LogP contribution in [0.2, 0.25) is 0 Å². The molecule has 1 aromatic rings. The molecule has 1 aromatic carbocycles. The monoisotopic (exact) mass is 278 g/mol. The van der Waals surface area contributed by atoms with Crippen LogP contribution < -0.4 is 4.72 Å². The zero-order valence-corrected chi connectivity index (χ0v) is 11.8. The van der Waals surface area contributed by atoms with Crippen molar-refractivity contribution in [3.05, 3.63) is 35.4 Å². The van der Waals surface area contributed by atoms with E-state index in [2.05, 4.69) is 11.6 Å². The molecule has 4 nitrogen and oxygen atoms in total. The normalized spacial score (nSPS) is 21.9. The van der Waals surface area contributed by atoms with Gasteiger partial charge in [-0.1, -0.05) is 31.5 Å². The lowest BCUT2D eigenvalue weighted by molar-refractivity contribution is 0.572. The minimum Gasteiger partial charge on any atom is -0.212 e. The van der Waals surface area contributed by atoms with Crippen molar-refractivity contribution in [2.75, 3.05) is 0 Å². The van der Waals surface area contributed by atoms with Crippen molar-refractivity contribution in [2.45, 2.75) is 38.0 Å². The Kier molecular flexibility index (Phi) is 4.23. The molecular weight excluding hydrogens is 260 g/mol. The Bertz CT molecular complexity index is 590. The van der Waals surface area contributed by atoms with Gasteiger partial charge < -0.3 is 0 Å². The number of rotatable bonds is 6. The van der Waals surface area contributed by atoms with Crippen LogP contribution >= 0.6 is 0 Å². The molecule has 0 aliphatic heterocycles. The smallest absolute Gasteiger partial charge is 0.212 e. The highest BCUT2D eigenvalue weighted by molar-refractivity contribution is 7.88. The highest BCUT2D eigenvalue weighted by atomic mass is 32.2. The van der Waals surface area contributed by atoms with Crippen LogP contribution in [0.25, 0.3) is 0 Å². The van der Waals surface area contributed by atoms with E-state index >= 15 is 0 Å². The minimum atomic E-state index is -3.36. The van der Waals surface area contributed by atoms with Crippen LogP contribution in [-0.4, -0.2) is 14.5 Å². The van der Waals surface area contributed by atoms with E-state index in [9.17, 15) is 8.42 Å². The lowest BCUT2D eigenvalue weighted by atomic mass is 10.1. The van der Waals surface area contributed by atoms with Crippen molar-refractivity contribution < 1.29 is 8.42 Å². The summed E-state index contributed by atoms with van der Waals surface area (Å²) in [5.74, 6) is 0.373. The van der Waals surface area contributed by atoms with Gasteiger partial charge in [0, 0.05) is 6.04 Å². The van der Waals surface area contributed by atoms with Crippen molar-refractivity contribution in [3.63, 3.8) is 0 Å². The van der Waals surface area contributed by atoms with Gasteiger partial charge in [0.05, 0.1) is 17.4 Å². The maximum absolute atomic E-state index is 12.0. The molecule has 2 rings (SSSR count). The first-order valence-corrected chi connectivity index (χ1v) is 8.19. The Morgan fingerprint density at radius 2 is 2.16 bits per heavy atom. The molecule has 1 aliphatic rings. The van der Waals surface area contributed by atoms with Crippen LogP contribution in [-0.2, 0) is 15.8 Å². The molecule has 0 amide bonds. The third kappa shape index (κ3) is 3.79. The average molecular weight is 278 g/mol. The molecule has 0 heterocycles. The Labute approximate surface area is 114 Å². The molecule has 0 aromatic heterocycles. The summed E-state index contributed by atoms with van der Waals surface area (Å²) in [7, 11) is -3.36. The fourth-order valence-electron chi connectivity index (χ4n) is 2.31. The molecular formula is C14H18N2O2S. The van der Waals surface area contributed by atoms with Crippen molar-refractivity contribution in [2.24, 2.45) is 5.92 Å². The van der Waals surface area contributed by atoms with Crippen LogP contribution in [0.1, 0.15) is 37.3 Å². The molecule has 1 N–H and O–H groups in total. The Balaban J connectivity index is 2.00. The van der Waals surface area contributed by atoms with Gasteiger partial charge in [-0.15, -0.1) is 0 Å². The van der Waals surface area contributed by atoms with E-state index in [0.29, 0.717) is 17.0 Å². The van der Waals surface area contributed by atoms with Gasteiger partial charge in [0.1, 0.15) is 0 Å². The summed E-state index contributed by atoms with van der Waals surface area (Å²) in [6, 6.07) is 8.94. The summed E-state index contributed by atoms with van der Waals surface area (Å²) in [5.41, 5.74) is 0.985. The number of nitrogens with one attached hydrogen (secondary N) is 1. The van der Waals surface area contributed by atoms with Gasteiger partial charge in [-0.05, 0) is 30.4 Å². The molecule has 19 heavy (non-hydrogen) atoms. The third-order valence-electron chi connectivity index (χ3n) is 3.40. The molecule has 0 radical (unpaired) electrons. The van der Waals surface area contributed by atoms with Gasteiger partial charge >= 0.3 is 0 Å². The van der Waals surface area contributed by atoms with Crippen LogP contribution in [0.4, 0.5) is 0 Å². The number of sulfonamides is 1. The summed E-state index contributed by atoms with van der Waals surface area (Å²) in [4.78, 5) is 0. The number of hydrogen-bond acceptors (Lipinski definition) is 3. The van der Waals surface area contributed by atoms with Gasteiger partial charge in [0.15, 0.2) is 0 Å². The molecule has 5 heteroatoms. The van der Waals surface area contributed by atoms with Crippen molar-refractivity contribution in [1.82, 2.24) is 4.72 Å². The first-order valence-electron chi connectivity index (χ1n) is 6.53. The predicted octanol–water partition coefficient (Wildman–Crippen LogP) is 2.17. The second-order valence-corrected chi connectivity index (χ2v) is 6.79. The lowest BCUT2D eigenvalue weighted by Gasteiger charge is -2.07. The maximum Gasteiger partial charge on any atom is 0.216 e. The Morgan fingerprint density at radius 3 is 2.84 bits per heavy atom. The van der Waals surface area contributed by atoms with E-state index in [1.807, 2.05) is 6.07 Å². The lowest BCUT2D eigenvalue weighted by Crippen LogP contribution is -2.28. The maximum atomic E-state index is 12.0. The highest BCUT2D eigenvalue weighted by Gasteiger charge is 2.38. The van der Waals surface area contributed by atoms with Crippen molar-refractivity contribution >= 4 is 10.0 Å². The first-order chi connectivity index (χ1) is 9.05. The number of nitrogens with zero attached hydrogens (tertiary/aromatic N) is 1. The summed E-state index contributed by atoms with van der Waals surface area (Å²) in [6.07, 6.45) is 3.09. The Morgan fingerprint density at radius 1 is 1.42 bits per heavy atom. The largest absolute Gasteiger partial charge is 0.216 e. The topological polar surface area (TPSA) is 70.0 Å². The fraction of sp³-hybridized carbons (Fsp3) is 0.500. The van der Waals surface area contributed by atoms with Gasteiger partial charge in [-0.2, -0.15) is 5.26 Å². The van der Waals surface area contributed by atoms with E-state index in [-0.39, 0.29) is 11.8 Å². The van der Waals surface area contributed by atoms with Crippen LogP contribution in [0.5, 0.6) is 0 Å². The van der Waals surface area contributed by atoms with Gasteiger partial charge in [0.25, 0.3) is 0 Å². The van der Waals surface area contributed by atoms with Crippen molar-refractivity contribution in [1.29, 1.82) is 5.26 Å². The quantitative estimate of drug-likeness (QED) is 0.867. The molecule has 0 spiro atoms. The van der Waals surface area contributed by atoms with E-state index in [0.717, 1.165) is 19.3 Å². The summed E-state index contributed by atoms with van der Waals surface area (Å²) in [5, 5.41) is 8.96. The van der Waals surface area contributed by atoms with Gasteiger partial charge in [0.2, 0.25) is 10.0 Å². The highest BCUT2D eigenvalue weighted by Crippen LogP contribution is 2.35. The summed E-state index contributed by atoms with van der Waals surface area (Å²) < 4.78 is 26.8. The predicted molar refractivity (Wildman–Crippen MR) is 73.7 cm³/mol. The molecule has 1 saturated carbocycles. The van der Waals surface area contributed by atoms with Gasteiger partial charge in [-0.25, -0.2) is 13.1 Å². The molecule has 102 valence electrons. The second-order valence-electron chi connectivity index (χ2n) is 5.04. The van der Waals surface area contributed by atoms with Crippen LogP contribution in [0, 0.1) is 17.2 Å². The summed E-state index contributed by atoms with van der Waals surface area (Å²) >= 11 is 0. The minimum absolute atomic E-state index is 0.0965. The standard InChI is InChI=1S/C14H18N2O2S/c1-2-5-11-8-14(11)16-19(17,18)10-13-7-4-3-6-12(13)9-15/h3-4,6-7,11,14,16H,2,5,8,10H2,1H3. The Hall–Kier alpha value is -1.38. The van der Waals surface area contributed by atoms with Crippen LogP contribution in [0.15, 0.2) is 24.3 Å².